The van der Waals surface area contributed by atoms with Crippen molar-refractivity contribution in [3.05, 3.63) is 35.4 Å². The Hall–Kier alpha value is -2.95. The van der Waals surface area contributed by atoms with Gasteiger partial charge in [0.15, 0.2) is 5.82 Å². The van der Waals surface area contributed by atoms with Crippen LogP contribution in [0, 0.1) is 0 Å². The molecule has 0 bridgehead atoms. The van der Waals surface area contributed by atoms with Crippen molar-refractivity contribution in [1.29, 1.82) is 0 Å². The van der Waals surface area contributed by atoms with Crippen LogP contribution in [0.5, 0.6) is 11.8 Å². The largest absolute Gasteiger partial charge is 0.508 e. The standard InChI is InChI=1S/C24H32N6O4/c31-19-4-5-20-18(16-19)2-1-3-21(20)27-28-22-17-23(30-9-13-33-14-10-30)26-24(25-22)34-15-8-29-6-11-32-12-7-29/h4-5,16-17,31H,1-3,6-15H2,(H,25,26,28)/b27-21+. The van der Waals surface area contributed by atoms with E-state index in [1.165, 1.54) is 0 Å². The number of benzene rings is 1. The van der Waals surface area contributed by atoms with Crippen molar-refractivity contribution in [3.63, 3.8) is 0 Å². The summed E-state index contributed by atoms with van der Waals surface area (Å²) < 4.78 is 16.9. The number of fused-ring (bicyclic) bond motifs is 1. The Kier molecular flexibility index (Phi) is 7.37. The zero-order valence-electron chi connectivity index (χ0n) is 19.4. The highest BCUT2D eigenvalue weighted by atomic mass is 16.5. The normalized spacial score (nSPS) is 20.2. The first-order valence-corrected chi connectivity index (χ1v) is 12.0. The van der Waals surface area contributed by atoms with Crippen molar-refractivity contribution >= 4 is 17.3 Å². The molecule has 2 N–H and O–H groups in total. The number of rotatable bonds is 7. The SMILES string of the molecule is Oc1ccc2c(c1)CCC/C2=N\Nc1cc(N2CCOCC2)nc(OCCN2CCOCC2)n1. The summed E-state index contributed by atoms with van der Waals surface area (Å²) in [6.07, 6.45) is 2.81. The van der Waals surface area contributed by atoms with Crippen molar-refractivity contribution < 1.29 is 19.3 Å². The van der Waals surface area contributed by atoms with Gasteiger partial charge in [0, 0.05) is 44.4 Å². The first kappa shape index (κ1) is 22.8. The number of hydrogen-bond acceptors (Lipinski definition) is 10. The van der Waals surface area contributed by atoms with Gasteiger partial charge in [0.05, 0.1) is 32.1 Å². The van der Waals surface area contributed by atoms with E-state index in [1.807, 2.05) is 18.2 Å². The molecule has 1 aromatic carbocycles. The second-order valence-corrected chi connectivity index (χ2v) is 8.66. The van der Waals surface area contributed by atoms with E-state index in [2.05, 4.69) is 30.3 Å². The maximum atomic E-state index is 9.81. The van der Waals surface area contributed by atoms with E-state index in [0.717, 1.165) is 87.9 Å². The van der Waals surface area contributed by atoms with Gasteiger partial charge in [0.1, 0.15) is 18.2 Å². The second kappa shape index (κ2) is 11.0. The molecule has 2 fully saturated rings. The quantitative estimate of drug-likeness (QED) is 0.590. The zero-order valence-corrected chi connectivity index (χ0v) is 19.4. The molecular formula is C24H32N6O4. The van der Waals surface area contributed by atoms with E-state index in [0.29, 0.717) is 31.6 Å². The van der Waals surface area contributed by atoms with Crippen LogP contribution in [0.3, 0.4) is 0 Å². The molecule has 2 aromatic rings. The summed E-state index contributed by atoms with van der Waals surface area (Å²) in [6.45, 7) is 7.58. The minimum atomic E-state index is 0.290. The summed E-state index contributed by atoms with van der Waals surface area (Å²) in [5.74, 6) is 1.69. The van der Waals surface area contributed by atoms with Gasteiger partial charge in [-0.2, -0.15) is 15.1 Å². The minimum absolute atomic E-state index is 0.290. The van der Waals surface area contributed by atoms with Crippen molar-refractivity contribution in [2.24, 2.45) is 5.10 Å². The first-order chi connectivity index (χ1) is 16.7. The molecule has 0 amide bonds. The summed E-state index contributed by atoms with van der Waals surface area (Å²) in [5, 5.41) is 14.5. The Morgan fingerprint density at radius 3 is 2.62 bits per heavy atom. The van der Waals surface area contributed by atoms with Crippen LogP contribution in [-0.2, 0) is 15.9 Å². The van der Waals surface area contributed by atoms with Crippen LogP contribution >= 0.6 is 0 Å². The predicted octanol–water partition coefficient (Wildman–Crippen LogP) is 1.88. The van der Waals surface area contributed by atoms with E-state index in [-0.39, 0.29) is 5.75 Å². The van der Waals surface area contributed by atoms with E-state index in [9.17, 15) is 5.11 Å². The molecular weight excluding hydrogens is 436 g/mol. The molecule has 34 heavy (non-hydrogen) atoms. The third kappa shape index (κ3) is 5.75. The number of morpholine rings is 2. The number of nitrogens with one attached hydrogen (secondary N) is 1. The van der Waals surface area contributed by atoms with Crippen molar-refractivity contribution in [3.8, 4) is 11.8 Å². The number of nitrogens with zero attached hydrogens (tertiary/aromatic N) is 5. The van der Waals surface area contributed by atoms with Gasteiger partial charge in [-0.05, 0) is 43.0 Å². The monoisotopic (exact) mass is 468 g/mol. The average Bonchev–Trinajstić information content (AvgIpc) is 2.88. The van der Waals surface area contributed by atoms with Gasteiger partial charge in [-0.15, -0.1) is 0 Å². The van der Waals surface area contributed by atoms with Crippen molar-refractivity contribution in [1.82, 2.24) is 14.9 Å². The van der Waals surface area contributed by atoms with Gasteiger partial charge in [0.25, 0.3) is 0 Å². The molecule has 0 radical (unpaired) electrons. The zero-order chi connectivity index (χ0) is 23.2. The highest BCUT2D eigenvalue weighted by Crippen LogP contribution is 2.26. The smallest absolute Gasteiger partial charge is 0.320 e. The Morgan fingerprint density at radius 2 is 1.79 bits per heavy atom. The summed E-state index contributed by atoms with van der Waals surface area (Å²) >= 11 is 0. The highest BCUT2D eigenvalue weighted by Gasteiger charge is 2.18. The summed E-state index contributed by atoms with van der Waals surface area (Å²) in [7, 11) is 0. The number of anilines is 2. The topological polar surface area (TPSA) is 105 Å². The molecule has 5 rings (SSSR count). The number of phenolic OH excluding ortho intramolecular Hbond substituents is 1. The van der Waals surface area contributed by atoms with Gasteiger partial charge in [-0.3, -0.25) is 10.3 Å². The molecule has 1 aromatic heterocycles. The lowest BCUT2D eigenvalue weighted by Crippen LogP contribution is -2.39. The third-order valence-corrected chi connectivity index (χ3v) is 6.33. The molecule has 1 aliphatic carbocycles. The molecule has 0 unspecified atom stereocenters. The lowest BCUT2D eigenvalue weighted by molar-refractivity contribution is 0.0317. The third-order valence-electron chi connectivity index (χ3n) is 6.33. The Balaban J connectivity index is 1.32. The van der Waals surface area contributed by atoms with Crippen LogP contribution in [0.1, 0.15) is 24.0 Å². The summed E-state index contributed by atoms with van der Waals surface area (Å²) in [4.78, 5) is 13.7. The number of aromatic hydroxyl groups is 1. The molecule has 2 aliphatic heterocycles. The summed E-state index contributed by atoms with van der Waals surface area (Å²) in [5.41, 5.74) is 6.29. The molecule has 0 saturated carbocycles. The molecule has 2 saturated heterocycles. The number of ether oxygens (including phenoxy) is 3. The minimum Gasteiger partial charge on any atom is -0.508 e. The number of hydrogen-bond donors (Lipinski definition) is 2. The van der Waals surface area contributed by atoms with E-state index >= 15 is 0 Å². The molecule has 3 aliphatic rings. The lowest BCUT2D eigenvalue weighted by Gasteiger charge is -2.28. The first-order valence-electron chi connectivity index (χ1n) is 12.0. The molecule has 10 heteroatoms. The fraction of sp³-hybridized carbons (Fsp3) is 0.542. The van der Waals surface area contributed by atoms with Gasteiger partial charge in [0.2, 0.25) is 0 Å². The number of aromatic nitrogens is 2. The Morgan fingerprint density at radius 1 is 1.00 bits per heavy atom. The fourth-order valence-electron chi connectivity index (χ4n) is 4.47. The number of aryl methyl sites for hydroxylation is 1. The lowest BCUT2D eigenvalue weighted by atomic mass is 9.90. The molecule has 3 heterocycles. The Labute approximate surface area is 199 Å². The average molecular weight is 469 g/mol. The van der Waals surface area contributed by atoms with E-state index < -0.39 is 0 Å². The molecule has 0 atom stereocenters. The van der Waals surface area contributed by atoms with Gasteiger partial charge >= 0.3 is 6.01 Å². The van der Waals surface area contributed by atoms with Crippen LogP contribution in [0.25, 0.3) is 0 Å². The molecule has 10 nitrogen and oxygen atoms in total. The van der Waals surface area contributed by atoms with Gasteiger partial charge < -0.3 is 24.2 Å². The maximum absolute atomic E-state index is 9.81. The van der Waals surface area contributed by atoms with Crippen LogP contribution in [-0.4, -0.2) is 91.4 Å². The fourth-order valence-corrected chi connectivity index (χ4v) is 4.47. The second-order valence-electron chi connectivity index (χ2n) is 8.66. The predicted molar refractivity (Wildman–Crippen MR) is 129 cm³/mol. The highest BCUT2D eigenvalue weighted by molar-refractivity contribution is 6.03. The van der Waals surface area contributed by atoms with Crippen LogP contribution < -0.4 is 15.1 Å². The maximum Gasteiger partial charge on any atom is 0.320 e. The molecule has 0 spiro atoms. The number of hydrazone groups is 1. The van der Waals surface area contributed by atoms with Crippen LogP contribution in [0.2, 0.25) is 0 Å². The van der Waals surface area contributed by atoms with E-state index in [1.54, 1.807) is 6.07 Å². The van der Waals surface area contributed by atoms with Crippen molar-refractivity contribution in [2.75, 3.05) is 76.1 Å². The van der Waals surface area contributed by atoms with Crippen molar-refractivity contribution in [2.45, 2.75) is 19.3 Å². The van der Waals surface area contributed by atoms with Gasteiger partial charge in [-0.1, -0.05) is 0 Å². The number of phenols is 1. The summed E-state index contributed by atoms with van der Waals surface area (Å²) in [6, 6.07) is 7.72. The van der Waals surface area contributed by atoms with Crippen LogP contribution in [0.4, 0.5) is 11.6 Å². The van der Waals surface area contributed by atoms with Crippen LogP contribution in [0.15, 0.2) is 29.4 Å². The van der Waals surface area contributed by atoms with E-state index in [4.69, 9.17) is 14.2 Å². The molecule has 182 valence electrons. The Bertz CT molecular complexity index is 1000. The van der Waals surface area contributed by atoms with Gasteiger partial charge in [-0.25, -0.2) is 0 Å².